The molecule has 0 saturated carbocycles. The highest BCUT2D eigenvalue weighted by Gasteiger charge is 2.28. The average Bonchev–Trinajstić information content (AvgIpc) is 2.53. The predicted molar refractivity (Wildman–Crippen MR) is 79.1 cm³/mol. The molecule has 0 aliphatic carbocycles. The van der Waals surface area contributed by atoms with Crippen LogP contribution in [0.25, 0.3) is 0 Å². The molecule has 120 valence electrons. The molecule has 1 amide bonds. The smallest absolute Gasteiger partial charge is 0.290 e. The van der Waals surface area contributed by atoms with E-state index >= 15 is 0 Å². The van der Waals surface area contributed by atoms with Crippen LogP contribution in [-0.4, -0.2) is 54.6 Å². The van der Waals surface area contributed by atoms with Crippen molar-refractivity contribution in [2.24, 2.45) is 0 Å². The Bertz CT molecular complexity index is 629. The Kier molecular flexibility index (Phi) is 4.32. The Morgan fingerprint density at radius 3 is 2.95 bits per heavy atom. The van der Waals surface area contributed by atoms with E-state index in [4.69, 9.17) is 21.1 Å². The maximum atomic E-state index is 12.4. The molecule has 2 atom stereocenters. The first kappa shape index (κ1) is 15.3. The molecule has 2 saturated heterocycles. The van der Waals surface area contributed by atoms with Gasteiger partial charge in [-0.2, -0.15) is 9.78 Å². The lowest BCUT2D eigenvalue weighted by molar-refractivity contribution is -0.129. The minimum atomic E-state index is -0.574. The summed E-state index contributed by atoms with van der Waals surface area (Å²) in [4.78, 5) is 25.8. The number of anilines is 1. The van der Waals surface area contributed by atoms with Crippen molar-refractivity contribution in [1.29, 1.82) is 0 Å². The monoisotopic (exact) mass is 328 g/mol. The number of amides is 1. The summed E-state index contributed by atoms with van der Waals surface area (Å²) < 4.78 is 11.9. The molecule has 1 unspecified atom stereocenters. The van der Waals surface area contributed by atoms with Crippen LogP contribution < -0.4 is 15.8 Å². The van der Waals surface area contributed by atoms with Crippen LogP contribution in [0.5, 0.6) is 0 Å². The van der Waals surface area contributed by atoms with Crippen LogP contribution in [-0.2, 0) is 14.3 Å². The maximum Gasteiger partial charge on any atom is 0.290 e. The molecule has 9 heteroatoms. The number of carbonyl (C=O) groups excluding carboxylic acids is 1. The summed E-state index contributed by atoms with van der Waals surface area (Å²) in [6, 6.07) is 0.0292. The third kappa shape index (κ3) is 2.81. The van der Waals surface area contributed by atoms with Gasteiger partial charge in [-0.1, -0.05) is 11.6 Å². The Morgan fingerprint density at radius 1 is 1.41 bits per heavy atom. The third-order valence-electron chi connectivity index (χ3n) is 3.75. The third-order valence-corrected chi connectivity index (χ3v) is 4.10. The summed E-state index contributed by atoms with van der Waals surface area (Å²) in [7, 11) is 0. The zero-order valence-corrected chi connectivity index (χ0v) is 12.9. The summed E-state index contributed by atoms with van der Waals surface area (Å²) in [5, 5.41) is 6.94. The second-order valence-corrected chi connectivity index (χ2v) is 5.65. The van der Waals surface area contributed by atoms with Crippen molar-refractivity contribution in [3.8, 4) is 0 Å². The molecule has 0 aromatic carbocycles. The van der Waals surface area contributed by atoms with Gasteiger partial charge < -0.3 is 19.7 Å². The van der Waals surface area contributed by atoms with Crippen molar-refractivity contribution in [3.63, 3.8) is 0 Å². The fraction of sp³-hybridized carbons (Fsp3) is 0.615. The van der Waals surface area contributed by atoms with E-state index in [0.29, 0.717) is 25.4 Å². The quantitative estimate of drug-likeness (QED) is 0.807. The van der Waals surface area contributed by atoms with E-state index in [1.165, 1.54) is 10.9 Å². The van der Waals surface area contributed by atoms with Gasteiger partial charge >= 0.3 is 0 Å². The predicted octanol–water partition coefficient (Wildman–Crippen LogP) is -0.233. The molecule has 3 heterocycles. The number of hydrogen-bond donors (Lipinski definition) is 1. The minimum absolute atomic E-state index is 0.0292. The molecule has 2 aliphatic heterocycles. The SMILES string of the molecule is C[C@@H]1CNC(=O)CN1c1cnn(C2COCCO2)c(=O)c1Cl. The summed E-state index contributed by atoms with van der Waals surface area (Å²) >= 11 is 6.22. The normalized spacial score (nSPS) is 25.9. The number of carbonyl (C=O) groups is 1. The number of nitrogens with zero attached hydrogens (tertiary/aromatic N) is 3. The summed E-state index contributed by atoms with van der Waals surface area (Å²) in [5.74, 6) is -0.109. The number of ether oxygens (including phenoxy) is 2. The van der Waals surface area contributed by atoms with E-state index in [-0.39, 0.29) is 30.1 Å². The Morgan fingerprint density at radius 2 is 2.23 bits per heavy atom. The molecular formula is C13H17ClN4O4. The highest BCUT2D eigenvalue weighted by Crippen LogP contribution is 2.25. The fourth-order valence-corrected chi connectivity index (χ4v) is 2.76. The number of piperazine rings is 1. The number of halogens is 1. The Balaban J connectivity index is 1.92. The van der Waals surface area contributed by atoms with Crippen molar-refractivity contribution in [1.82, 2.24) is 15.1 Å². The largest absolute Gasteiger partial charge is 0.374 e. The van der Waals surface area contributed by atoms with E-state index in [2.05, 4.69) is 10.4 Å². The molecule has 0 spiro atoms. The summed E-state index contributed by atoms with van der Waals surface area (Å²) in [5.41, 5.74) is 0.00911. The number of nitrogens with one attached hydrogen (secondary N) is 1. The lowest BCUT2D eigenvalue weighted by Gasteiger charge is -2.35. The molecule has 0 bridgehead atoms. The van der Waals surface area contributed by atoms with Gasteiger partial charge in [-0.15, -0.1) is 0 Å². The van der Waals surface area contributed by atoms with Crippen LogP contribution >= 0.6 is 11.6 Å². The van der Waals surface area contributed by atoms with Gasteiger partial charge in [0.25, 0.3) is 5.56 Å². The number of rotatable bonds is 2. The number of aromatic nitrogens is 2. The second kappa shape index (κ2) is 6.23. The molecule has 1 aromatic rings. The molecule has 1 aromatic heterocycles. The molecule has 3 rings (SSSR count). The first-order valence-corrected chi connectivity index (χ1v) is 7.45. The molecule has 8 nitrogen and oxygen atoms in total. The zero-order chi connectivity index (χ0) is 15.7. The van der Waals surface area contributed by atoms with Crippen molar-refractivity contribution in [3.05, 3.63) is 21.6 Å². The van der Waals surface area contributed by atoms with Crippen LogP contribution in [0, 0.1) is 0 Å². The van der Waals surface area contributed by atoms with Gasteiger partial charge in [0.15, 0.2) is 6.23 Å². The average molecular weight is 329 g/mol. The molecular weight excluding hydrogens is 312 g/mol. The standard InChI is InChI=1S/C13H17ClN4O4/c1-8-4-15-10(19)6-17(8)9-5-16-18(13(20)12(9)14)11-7-21-2-3-22-11/h5,8,11H,2-4,6-7H2,1H3,(H,15,19)/t8-,11?/m1/s1. The maximum absolute atomic E-state index is 12.4. The molecule has 2 fully saturated rings. The van der Waals surface area contributed by atoms with E-state index in [0.717, 1.165) is 0 Å². The van der Waals surface area contributed by atoms with Crippen molar-refractivity contribution in [2.75, 3.05) is 37.8 Å². The van der Waals surface area contributed by atoms with E-state index in [9.17, 15) is 9.59 Å². The van der Waals surface area contributed by atoms with Gasteiger partial charge in [-0.3, -0.25) is 9.59 Å². The van der Waals surface area contributed by atoms with Crippen molar-refractivity contribution in [2.45, 2.75) is 19.2 Å². The van der Waals surface area contributed by atoms with Crippen LogP contribution in [0.15, 0.2) is 11.0 Å². The van der Waals surface area contributed by atoms with Gasteiger partial charge in [0.05, 0.1) is 38.2 Å². The van der Waals surface area contributed by atoms with Gasteiger partial charge in [0, 0.05) is 12.6 Å². The fourth-order valence-electron chi connectivity index (χ4n) is 2.52. The molecule has 1 N–H and O–H groups in total. The molecule has 2 aliphatic rings. The lowest BCUT2D eigenvalue weighted by Crippen LogP contribution is -2.53. The Hall–Kier alpha value is -1.64. The summed E-state index contributed by atoms with van der Waals surface area (Å²) in [6.45, 7) is 3.75. The zero-order valence-electron chi connectivity index (χ0n) is 12.1. The van der Waals surface area contributed by atoms with Crippen LogP contribution in [0.4, 0.5) is 5.69 Å². The van der Waals surface area contributed by atoms with E-state index in [1.807, 2.05) is 6.92 Å². The Labute approximate surface area is 131 Å². The molecule has 0 radical (unpaired) electrons. The number of hydrogen-bond acceptors (Lipinski definition) is 6. The van der Waals surface area contributed by atoms with Crippen molar-refractivity contribution >= 4 is 23.2 Å². The van der Waals surface area contributed by atoms with Crippen molar-refractivity contribution < 1.29 is 14.3 Å². The highest BCUT2D eigenvalue weighted by atomic mass is 35.5. The summed E-state index contributed by atoms with van der Waals surface area (Å²) in [6.07, 6.45) is 0.923. The molecule has 22 heavy (non-hydrogen) atoms. The van der Waals surface area contributed by atoms with Gasteiger partial charge in [0.1, 0.15) is 5.02 Å². The van der Waals surface area contributed by atoms with E-state index < -0.39 is 11.8 Å². The first-order valence-electron chi connectivity index (χ1n) is 7.08. The van der Waals surface area contributed by atoms with Gasteiger partial charge in [-0.05, 0) is 6.92 Å². The highest BCUT2D eigenvalue weighted by molar-refractivity contribution is 6.33. The van der Waals surface area contributed by atoms with Crippen LogP contribution in [0.1, 0.15) is 13.2 Å². The second-order valence-electron chi connectivity index (χ2n) is 5.27. The van der Waals surface area contributed by atoms with Gasteiger partial charge in [0.2, 0.25) is 5.91 Å². The minimum Gasteiger partial charge on any atom is -0.374 e. The first-order chi connectivity index (χ1) is 10.6. The van der Waals surface area contributed by atoms with Crippen LogP contribution in [0.2, 0.25) is 5.02 Å². The van der Waals surface area contributed by atoms with Gasteiger partial charge in [-0.25, -0.2) is 0 Å². The van der Waals surface area contributed by atoms with E-state index in [1.54, 1.807) is 4.90 Å². The topological polar surface area (TPSA) is 85.7 Å². The lowest BCUT2D eigenvalue weighted by atomic mass is 10.2. The van der Waals surface area contributed by atoms with Crippen LogP contribution in [0.3, 0.4) is 0 Å².